The number of nitrogens with one attached hydrogen (secondary N) is 1. The van der Waals surface area contributed by atoms with Crippen molar-refractivity contribution >= 4 is 11.8 Å². The molecule has 6 rings (SSSR count). The minimum absolute atomic E-state index is 0.0157. The average molecular weight is 398 g/mol. The number of aromatic nitrogens is 2. The maximum absolute atomic E-state index is 6.15. The molecule has 2 saturated carbocycles. The Balaban J connectivity index is 1.62. The van der Waals surface area contributed by atoms with Gasteiger partial charge < -0.3 is 25.4 Å². The molecule has 5 aliphatic rings. The fourth-order valence-corrected chi connectivity index (χ4v) is 6.11. The van der Waals surface area contributed by atoms with Crippen LogP contribution in [0.15, 0.2) is 29.9 Å². The molecule has 7 heteroatoms. The molecule has 0 amide bonds. The molecule has 1 aromatic heterocycles. The van der Waals surface area contributed by atoms with Gasteiger partial charge in [-0.15, -0.1) is 0 Å². The van der Waals surface area contributed by atoms with Crippen LogP contribution in [-0.2, 0) is 4.74 Å². The van der Waals surface area contributed by atoms with Gasteiger partial charge in [-0.25, -0.2) is 4.98 Å². The summed E-state index contributed by atoms with van der Waals surface area (Å²) in [7, 11) is 3.92. The van der Waals surface area contributed by atoms with Crippen LogP contribution in [0.3, 0.4) is 0 Å². The SMILES string of the molecule is CO/C1=C/C(=C\N)Nc2ncc3c(n2)N(C)C2(CCC4(CC2)CC(C)C1C4)CO3. The smallest absolute Gasteiger partial charge is 0.229 e. The predicted octanol–water partition coefficient (Wildman–Crippen LogP) is 3.41. The molecule has 0 aromatic carbocycles. The van der Waals surface area contributed by atoms with Crippen LogP contribution in [-0.4, -0.2) is 36.3 Å². The Bertz CT molecular complexity index is 872. The Hall–Kier alpha value is -2.44. The summed E-state index contributed by atoms with van der Waals surface area (Å²) in [5.74, 6) is 4.11. The quantitative estimate of drug-likeness (QED) is 0.751. The number of allylic oxidation sites excluding steroid dienone is 2. The lowest BCUT2D eigenvalue weighted by atomic mass is 9.65. The Morgan fingerprint density at radius 2 is 2.10 bits per heavy atom. The van der Waals surface area contributed by atoms with Gasteiger partial charge in [-0.2, -0.15) is 4.98 Å². The van der Waals surface area contributed by atoms with Gasteiger partial charge in [-0.3, -0.25) is 0 Å². The van der Waals surface area contributed by atoms with E-state index in [-0.39, 0.29) is 5.54 Å². The number of hydrogen-bond acceptors (Lipinski definition) is 7. The van der Waals surface area contributed by atoms with Crippen LogP contribution in [0, 0.1) is 17.3 Å². The third kappa shape index (κ3) is 2.85. The third-order valence-corrected chi connectivity index (χ3v) is 7.93. The molecule has 1 aromatic rings. The Morgan fingerprint density at radius 3 is 2.83 bits per heavy atom. The first-order chi connectivity index (χ1) is 14.0. The molecule has 2 spiro atoms. The second-order valence-electron chi connectivity index (χ2n) is 9.44. The highest BCUT2D eigenvalue weighted by Crippen LogP contribution is 2.58. The molecule has 29 heavy (non-hydrogen) atoms. The predicted molar refractivity (Wildman–Crippen MR) is 112 cm³/mol. The highest BCUT2D eigenvalue weighted by molar-refractivity contribution is 5.59. The van der Waals surface area contributed by atoms with Crippen LogP contribution in [0.5, 0.6) is 5.75 Å². The van der Waals surface area contributed by atoms with E-state index in [4.69, 9.17) is 20.2 Å². The highest BCUT2D eigenvalue weighted by Gasteiger charge is 2.52. The first-order valence-electron chi connectivity index (χ1n) is 10.7. The molecule has 2 fully saturated rings. The van der Waals surface area contributed by atoms with E-state index in [0.717, 1.165) is 35.9 Å². The van der Waals surface area contributed by atoms with E-state index < -0.39 is 0 Å². The standard InChI is InChI=1S/C22H31N5O2/c1-14-9-21-4-6-22(7-5-21)13-29-18-12-24-20(26-19(18)27(22)2)25-15(11-23)8-17(28-3)16(14)10-21/h8,11-12,14,16H,4-7,9-10,13,23H2,1-3H3,(H,24,25,26)/b15-11+,17-8+. The van der Waals surface area contributed by atoms with Crippen molar-refractivity contribution in [2.75, 3.05) is 31.0 Å². The van der Waals surface area contributed by atoms with Crippen molar-refractivity contribution in [3.63, 3.8) is 0 Å². The lowest BCUT2D eigenvalue weighted by Crippen LogP contribution is -2.57. The maximum atomic E-state index is 6.15. The molecule has 2 unspecified atom stereocenters. The fraction of sp³-hybridized carbons (Fsp3) is 0.636. The zero-order valence-electron chi connectivity index (χ0n) is 17.6. The van der Waals surface area contributed by atoms with E-state index in [1.165, 1.54) is 25.7 Å². The van der Waals surface area contributed by atoms with Crippen LogP contribution in [0.4, 0.5) is 11.8 Å². The summed E-state index contributed by atoms with van der Waals surface area (Å²) >= 11 is 0. The molecule has 156 valence electrons. The molecule has 0 saturated heterocycles. The molecule has 3 aliphatic heterocycles. The van der Waals surface area contributed by atoms with Gasteiger partial charge in [-0.1, -0.05) is 6.92 Å². The number of ether oxygens (including phenoxy) is 2. The summed E-state index contributed by atoms with van der Waals surface area (Å²) in [5, 5.41) is 3.26. The summed E-state index contributed by atoms with van der Waals surface area (Å²) in [6, 6.07) is 0. The molecule has 7 nitrogen and oxygen atoms in total. The van der Waals surface area contributed by atoms with Gasteiger partial charge in [-0.05, 0) is 49.9 Å². The molecule has 4 heterocycles. The maximum Gasteiger partial charge on any atom is 0.229 e. The van der Waals surface area contributed by atoms with Gasteiger partial charge in [0.15, 0.2) is 11.6 Å². The summed E-state index contributed by atoms with van der Waals surface area (Å²) in [4.78, 5) is 11.6. The number of methoxy groups -OCH3 is 1. The van der Waals surface area contributed by atoms with Crippen molar-refractivity contribution in [1.82, 2.24) is 9.97 Å². The molecule has 5 bridgehead atoms. The third-order valence-electron chi connectivity index (χ3n) is 7.93. The topological polar surface area (TPSA) is 85.5 Å². The second kappa shape index (κ2) is 6.54. The van der Waals surface area contributed by atoms with Gasteiger partial charge in [0, 0.05) is 25.2 Å². The van der Waals surface area contributed by atoms with Crippen molar-refractivity contribution in [3.05, 3.63) is 29.9 Å². The molecule has 2 aliphatic carbocycles. The van der Waals surface area contributed by atoms with Crippen LogP contribution in [0.1, 0.15) is 45.4 Å². The van der Waals surface area contributed by atoms with E-state index >= 15 is 0 Å². The fourth-order valence-electron chi connectivity index (χ4n) is 6.11. The van der Waals surface area contributed by atoms with Gasteiger partial charge in [0.05, 0.1) is 24.5 Å². The number of nitrogens with zero attached hydrogens (tertiary/aromatic N) is 3. The van der Waals surface area contributed by atoms with Crippen LogP contribution in [0.25, 0.3) is 0 Å². The lowest BCUT2D eigenvalue weighted by Gasteiger charge is -2.52. The largest absolute Gasteiger partial charge is 0.501 e. The summed E-state index contributed by atoms with van der Waals surface area (Å²) < 4.78 is 12.0. The number of nitrogens with two attached hydrogens (primary N) is 1. The van der Waals surface area contributed by atoms with Crippen LogP contribution < -0.4 is 20.7 Å². The number of rotatable bonds is 1. The second-order valence-corrected chi connectivity index (χ2v) is 9.44. The summed E-state index contributed by atoms with van der Waals surface area (Å²) in [5.41, 5.74) is 7.08. The van der Waals surface area contributed by atoms with Gasteiger partial charge in [0.2, 0.25) is 5.95 Å². The van der Waals surface area contributed by atoms with Crippen molar-refractivity contribution in [2.45, 2.75) is 51.0 Å². The van der Waals surface area contributed by atoms with Crippen molar-refractivity contribution in [1.29, 1.82) is 0 Å². The zero-order valence-corrected chi connectivity index (χ0v) is 17.6. The Labute approximate surface area is 172 Å². The minimum Gasteiger partial charge on any atom is -0.501 e. The van der Waals surface area contributed by atoms with Crippen LogP contribution in [0.2, 0.25) is 0 Å². The molecular weight excluding hydrogens is 366 g/mol. The number of anilines is 2. The summed E-state index contributed by atoms with van der Waals surface area (Å²) in [6.07, 6.45) is 12.5. The van der Waals surface area contributed by atoms with Gasteiger partial charge in [0.25, 0.3) is 0 Å². The van der Waals surface area contributed by atoms with E-state index in [1.54, 1.807) is 19.5 Å². The van der Waals surface area contributed by atoms with Crippen molar-refractivity contribution < 1.29 is 9.47 Å². The van der Waals surface area contributed by atoms with E-state index in [2.05, 4.69) is 29.2 Å². The van der Waals surface area contributed by atoms with Crippen molar-refractivity contribution in [2.24, 2.45) is 23.0 Å². The van der Waals surface area contributed by atoms with Gasteiger partial charge >= 0.3 is 0 Å². The first kappa shape index (κ1) is 18.6. The normalized spacial score (nSPS) is 38.8. The highest BCUT2D eigenvalue weighted by atomic mass is 16.5. The lowest BCUT2D eigenvalue weighted by molar-refractivity contribution is 0.0788. The molecule has 3 N–H and O–H groups in total. The Morgan fingerprint density at radius 1 is 1.31 bits per heavy atom. The summed E-state index contributed by atoms with van der Waals surface area (Å²) in [6.45, 7) is 3.07. The molecule has 2 atom stereocenters. The molecule has 0 radical (unpaired) electrons. The van der Waals surface area contributed by atoms with Crippen LogP contribution >= 0.6 is 0 Å². The number of likely N-dealkylation sites (N-methyl/N-ethyl adjacent to an activating group) is 1. The minimum atomic E-state index is 0.0157. The molecular formula is C22H31N5O2. The van der Waals surface area contributed by atoms with E-state index in [0.29, 0.717) is 29.8 Å². The average Bonchev–Trinajstić information content (AvgIpc) is 3.05. The monoisotopic (exact) mass is 397 g/mol. The number of hydrogen-bond donors (Lipinski definition) is 2. The van der Waals surface area contributed by atoms with E-state index in [1.807, 2.05) is 6.08 Å². The van der Waals surface area contributed by atoms with Gasteiger partial charge in [0.1, 0.15) is 12.4 Å². The first-order valence-corrected chi connectivity index (χ1v) is 10.7. The Kier molecular flexibility index (Phi) is 4.19. The zero-order chi connectivity index (χ0) is 20.2. The van der Waals surface area contributed by atoms with Crippen molar-refractivity contribution in [3.8, 4) is 5.75 Å². The van der Waals surface area contributed by atoms with E-state index in [9.17, 15) is 0 Å². The number of fused-ring (bicyclic) bond motifs is 4.